The predicted octanol–water partition coefficient (Wildman–Crippen LogP) is 2.81. The van der Waals surface area contributed by atoms with Gasteiger partial charge in [0.15, 0.2) is 0 Å². The molecule has 1 N–H and O–H groups in total. The van der Waals surface area contributed by atoms with E-state index in [4.69, 9.17) is 0 Å². The van der Waals surface area contributed by atoms with Gasteiger partial charge in [0, 0.05) is 45.1 Å². The number of piperazine rings is 1. The third kappa shape index (κ3) is 4.80. The van der Waals surface area contributed by atoms with Gasteiger partial charge in [-0.2, -0.15) is 4.98 Å². The molecule has 0 spiro atoms. The molecule has 0 aliphatic carbocycles. The highest BCUT2D eigenvalue weighted by Crippen LogP contribution is 2.15. The summed E-state index contributed by atoms with van der Waals surface area (Å²) in [6.07, 6.45) is 3.62. The molecule has 1 aliphatic heterocycles. The first kappa shape index (κ1) is 17.4. The van der Waals surface area contributed by atoms with Gasteiger partial charge in [0.25, 0.3) is 0 Å². The average Bonchev–Trinajstić information content (AvgIpc) is 2.75. The second-order valence-corrected chi connectivity index (χ2v) is 6.67. The largest absolute Gasteiger partial charge is 0.364 e. The number of rotatable bonds is 6. The van der Waals surface area contributed by atoms with Crippen LogP contribution in [0.25, 0.3) is 0 Å². The zero-order valence-electron chi connectivity index (χ0n) is 15.3. The lowest BCUT2D eigenvalue weighted by molar-refractivity contribution is 0.248. The number of aromatic nitrogens is 3. The lowest BCUT2D eigenvalue weighted by Crippen LogP contribution is -2.46. The number of nitrogens with zero attached hydrogens (tertiary/aromatic N) is 5. The van der Waals surface area contributed by atoms with Crippen molar-refractivity contribution >= 4 is 11.8 Å². The van der Waals surface area contributed by atoms with Crippen LogP contribution in [-0.2, 0) is 13.1 Å². The van der Waals surface area contributed by atoms with Gasteiger partial charge in [-0.05, 0) is 23.8 Å². The van der Waals surface area contributed by atoms with Gasteiger partial charge in [0.1, 0.15) is 5.82 Å². The lowest BCUT2D eigenvalue weighted by atomic mass is 10.2. The number of pyridine rings is 1. The van der Waals surface area contributed by atoms with Crippen molar-refractivity contribution in [2.24, 2.45) is 0 Å². The van der Waals surface area contributed by atoms with Crippen LogP contribution in [-0.4, -0.2) is 46.0 Å². The molecule has 6 heteroatoms. The van der Waals surface area contributed by atoms with Gasteiger partial charge in [-0.25, -0.2) is 4.98 Å². The molecule has 1 saturated heterocycles. The molecule has 6 nitrogen and oxygen atoms in total. The van der Waals surface area contributed by atoms with Crippen LogP contribution >= 0.6 is 0 Å². The van der Waals surface area contributed by atoms with Gasteiger partial charge in [-0.1, -0.05) is 36.4 Å². The van der Waals surface area contributed by atoms with Crippen LogP contribution in [0.1, 0.15) is 11.3 Å². The minimum absolute atomic E-state index is 0.655. The summed E-state index contributed by atoms with van der Waals surface area (Å²) >= 11 is 0. The van der Waals surface area contributed by atoms with Crippen LogP contribution in [0, 0.1) is 0 Å². The molecule has 27 heavy (non-hydrogen) atoms. The van der Waals surface area contributed by atoms with Gasteiger partial charge in [-0.15, -0.1) is 0 Å². The normalized spacial score (nSPS) is 14.9. The molecule has 4 rings (SSSR count). The lowest BCUT2D eigenvalue weighted by Gasteiger charge is -2.34. The van der Waals surface area contributed by atoms with Crippen molar-refractivity contribution in [3.63, 3.8) is 0 Å². The summed E-state index contributed by atoms with van der Waals surface area (Å²) < 4.78 is 0. The molecule has 1 fully saturated rings. The van der Waals surface area contributed by atoms with Gasteiger partial charge >= 0.3 is 0 Å². The Kier molecular flexibility index (Phi) is 5.55. The number of benzene rings is 1. The highest BCUT2D eigenvalue weighted by atomic mass is 15.3. The summed E-state index contributed by atoms with van der Waals surface area (Å²) in [6, 6.07) is 18.4. The van der Waals surface area contributed by atoms with Gasteiger partial charge < -0.3 is 10.2 Å². The Hall–Kier alpha value is -2.99. The van der Waals surface area contributed by atoms with Crippen molar-refractivity contribution in [3.8, 4) is 0 Å². The molecule has 2 aromatic heterocycles. The third-order valence-corrected chi connectivity index (χ3v) is 4.72. The number of anilines is 2. The molecular weight excluding hydrogens is 336 g/mol. The molecule has 138 valence electrons. The van der Waals surface area contributed by atoms with Crippen molar-refractivity contribution in [2.75, 3.05) is 36.4 Å². The Morgan fingerprint density at radius 2 is 1.63 bits per heavy atom. The fourth-order valence-electron chi connectivity index (χ4n) is 3.23. The second kappa shape index (κ2) is 8.60. The second-order valence-electron chi connectivity index (χ2n) is 6.67. The molecular formula is C21H24N6. The SMILES string of the molecule is c1ccc(CN2CCN(c3nccc(NCc4ccccn4)n3)CC2)cc1. The van der Waals surface area contributed by atoms with Crippen molar-refractivity contribution in [3.05, 3.63) is 78.2 Å². The summed E-state index contributed by atoms with van der Waals surface area (Å²) in [5, 5.41) is 3.33. The monoisotopic (exact) mass is 360 g/mol. The smallest absolute Gasteiger partial charge is 0.227 e. The first-order chi connectivity index (χ1) is 13.4. The van der Waals surface area contributed by atoms with Crippen LogP contribution in [0.5, 0.6) is 0 Å². The maximum atomic E-state index is 4.68. The average molecular weight is 360 g/mol. The molecule has 0 saturated carbocycles. The standard InChI is InChI=1S/C21H24N6/c1-2-6-18(7-3-1)17-26-12-14-27(15-13-26)21-23-11-9-20(25-21)24-16-19-8-4-5-10-22-19/h1-11H,12-17H2,(H,23,24,25). The van der Waals surface area contributed by atoms with Crippen molar-refractivity contribution < 1.29 is 0 Å². The van der Waals surface area contributed by atoms with E-state index in [1.165, 1.54) is 5.56 Å². The first-order valence-corrected chi connectivity index (χ1v) is 9.35. The van der Waals surface area contributed by atoms with E-state index in [9.17, 15) is 0 Å². The summed E-state index contributed by atoms with van der Waals surface area (Å²) in [4.78, 5) is 18.2. The maximum Gasteiger partial charge on any atom is 0.227 e. The molecule has 3 heterocycles. The summed E-state index contributed by atoms with van der Waals surface area (Å²) in [7, 11) is 0. The topological polar surface area (TPSA) is 57.2 Å². The third-order valence-electron chi connectivity index (χ3n) is 4.72. The Labute approximate surface area is 159 Å². The molecule has 0 amide bonds. The van der Waals surface area contributed by atoms with E-state index in [2.05, 4.69) is 60.4 Å². The fourth-order valence-corrected chi connectivity index (χ4v) is 3.23. The Morgan fingerprint density at radius 1 is 0.815 bits per heavy atom. The van der Waals surface area contributed by atoms with Gasteiger partial charge in [-0.3, -0.25) is 9.88 Å². The van der Waals surface area contributed by atoms with Gasteiger partial charge in [0.05, 0.1) is 12.2 Å². The van der Waals surface area contributed by atoms with Crippen molar-refractivity contribution in [1.29, 1.82) is 0 Å². The molecule has 0 unspecified atom stereocenters. The van der Waals surface area contributed by atoms with E-state index in [-0.39, 0.29) is 0 Å². The highest BCUT2D eigenvalue weighted by molar-refractivity contribution is 5.41. The van der Waals surface area contributed by atoms with Crippen molar-refractivity contribution in [1.82, 2.24) is 19.9 Å². The summed E-state index contributed by atoms with van der Waals surface area (Å²) in [6.45, 7) is 5.57. The molecule has 0 atom stereocenters. The molecule has 0 bridgehead atoms. The predicted molar refractivity (Wildman–Crippen MR) is 108 cm³/mol. The van der Waals surface area contributed by atoms with E-state index in [1.807, 2.05) is 30.5 Å². The Morgan fingerprint density at radius 3 is 2.41 bits per heavy atom. The first-order valence-electron chi connectivity index (χ1n) is 9.35. The Bertz CT molecular complexity index is 832. The highest BCUT2D eigenvalue weighted by Gasteiger charge is 2.19. The van der Waals surface area contributed by atoms with Crippen LogP contribution in [0.15, 0.2) is 67.0 Å². The minimum atomic E-state index is 0.655. The van der Waals surface area contributed by atoms with E-state index < -0.39 is 0 Å². The summed E-state index contributed by atoms with van der Waals surface area (Å²) in [5.41, 5.74) is 2.36. The van der Waals surface area contributed by atoms with E-state index in [1.54, 1.807) is 6.20 Å². The minimum Gasteiger partial charge on any atom is -0.364 e. The number of nitrogens with one attached hydrogen (secondary N) is 1. The molecule has 0 radical (unpaired) electrons. The zero-order chi connectivity index (χ0) is 18.3. The van der Waals surface area contributed by atoms with Crippen LogP contribution in [0.3, 0.4) is 0 Å². The maximum absolute atomic E-state index is 4.68. The molecule has 1 aromatic carbocycles. The van der Waals surface area contributed by atoms with E-state index >= 15 is 0 Å². The molecule has 1 aliphatic rings. The van der Waals surface area contributed by atoms with Crippen molar-refractivity contribution in [2.45, 2.75) is 13.1 Å². The van der Waals surface area contributed by atoms with Gasteiger partial charge in [0.2, 0.25) is 5.95 Å². The van der Waals surface area contributed by atoms with E-state index in [0.29, 0.717) is 6.54 Å². The number of hydrogen-bond acceptors (Lipinski definition) is 6. The summed E-state index contributed by atoms with van der Waals surface area (Å²) in [5.74, 6) is 1.62. The van der Waals surface area contributed by atoms with Crippen LogP contribution in [0.4, 0.5) is 11.8 Å². The van der Waals surface area contributed by atoms with E-state index in [0.717, 1.165) is 50.2 Å². The van der Waals surface area contributed by atoms with Crippen LogP contribution < -0.4 is 10.2 Å². The fraction of sp³-hybridized carbons (Fsp3) is 0.286. The Balaban J connectivity index is 1.32. The number of hydrogen-bond donors (Lipinski definition) is 1. The molecule has 3 aromatic rings. The quantitative estimate of drug-likeness (QED) is 0.729. The zero-order valence-corrected chi connectivity index (χ0v) is 15.3. The van der Waals surface area contributed by atoms with Crippen LogP contribution in [0.2, 0.25) is 0 Å².